The van der Waals surface area contributed by atoms with Crippen molar-refractivity contribution in [3.8, 4) is 5.75 Å². The summed E-state index contributed by atoms with van der Waals surface area (Å²) in [5, 5.41) is 5.20. The average molecular weight is 614 g/mol. The van der Waals surface area contributed by atoms with Gasteiger partial charge in [0.25, 0.3) is 5.56 Å². The predicted octanol–water partition coefficient (Wildman–Crippen LogP) is 6.30. The maximum absolute atomic E-state index is 13.3. The third-order valence-corrected chi connectivity index (χ3v) is 6.51. The van der Waals surface area contributed by atoms with E-state index in [-0.39, 0.29) is 23.1 Å². The smallest absolute Gasteiger partial charge is 0.347 e. The lowest BCUT2D eigenvalue weighted by atomic mass is 10.1. The van der Waals surface area contributed by atoms with Gasteiger partial charge in [-0.1, -0.05) is 41.4 Å². The minimum absolute atomic E-state index is 0.0216. The van der Waals surface area contributed by atoms with Crippen LogP contribution >= 0.6 is 43.5 Å². The fourth-order valence-electron chi connectivity index (χ4n) is 3.15. The second-order valence-electron chi connectivity index (χ2n) is 7.63. The summed E-state index contributed by atoms with van der Waals surface area (Å²) in [6, 6.07) is 8.79. The molecule has 0 unspecified atom stereocenters. The minimum Gasteiger partial charge on any atom is -0.476 e. The molecule has 0 spiro atoms. The van der Waals surface area contributed by atoms with E-state index in [1.165, 1.54) is 10.9 Å². The minimum atomic E-state index is -0.826. The van der Waals surface area contributed by atoms with Gasteiger partial charge in [-0.05, 0) is 72.1 Å². The lowest BCUT2D eigenvalue weighted by molar-refractivity contribution is -0.150. The number of aromatic nitrogens is 2. The molecule has 0 aliphatic rings. The van der Waals surface area contributed by atoms with Gasteiger partial charge in [-0.15, -0.1) is 0 Å². The zero-order chi connectivity index (χ0) is 25.0. The van der Waals surface area contributed by atoms with Crippen LogP contribution in [0, 0.1) is 0 Å². The molecule has 1 heterocycles. The van der Waals surface area contributed by atoms with E-state index in [0.29, 0.717) is 32.5 Å². The van der Waals surface area contributed by atoms with E-state index in [1.807, 2.05) is 26.0 Å². The molecule has 3 rings (SSSR count). The molecular formula is C24H24Br2ClN3O4. The molecule has 3 aromatic rings. The third kappa shape index (κ3) is 5.87. The van der Waals surface area contributed by atoms with Gasteiger partial charge in [0.2, 0.25) is 0 Å². The van der Waals surface area contributed by atoms with Crippen LogP contribution < -0.4 is 10.3 Å². The molecule has 2 atom stereocenters. The number of halogens is 3. The highest BCUT2D eigenvalue weighted by atomic mass is 79.9. The highest BCUT2D eigenvalue weighted by Gasteiger charge is 2.20. The second kappa shape index (κ2) is 11.5. The standard InChI is InChI=1S/C24H24Br2ClN3O4/c1-5-13(3)22-29-20-8-7-16(25)11-17(20)23(31)30(22)28-12-15-9-18(26)21(19(27)10-15)34-14(4)24(32)33-6-2/h7-14H,5-6H2,1-4H3/t13-,14+/m0/s1. The molecule has 0 bridgehead atoms. The molecule has 0 amide bonds. The summed E-state index contributed by atoms with van der Waals surface area (Å²) < 4.78 is 13.3. The summed E-state index contributed by atoms with van der Waals surface area (Å²) in [7, 11) is 0. The number of hydrogen-bond acceptors (Lipinski definition) is 6. The maximum atomic E-state index is 13.3. The summed E-state index contributed by atoms with van der Waals surface area (Å²) in [6.45, 7) is 7.61. The molecule has 0 saturated heterocycles. The van der Waals surface area contributed by atoms with Crippen LogP contribution in [0.4, 0.5) is 0 Å². The molecule has 0 aliphatic carbocycles. The molecule has 7 nitrogen and oxygen atoms in total. The Bertz CT molecular complexity index is 1290. The number of carbonyl (C=O) groups excluding carboxylic acids is 1. The van der Waals surface area contributed by atoms with Gasteiger partial charge in [0.05, 0.1) is 33.2 Å². The molecule has 1 aromatic heterocycles. The Hall–Kier alpha value is -2.23. The van der Waals surface area contributed by atoms with Crippen LogP contribution in [0.25, 0.3) is 10.9 Å². The van der Waals surface area contributed by atoms with Crippen LogP contribution in [0.15, 0.2) is 49.2 Å². The normalized spacial score (nSPS) is 13.3. The zero-order valence-electron chi connectivity index (χ0n) is 19.1. The van der Waals surface area contributed by atoms with Crippen LogP contribution in [0.5, 0.6) is 5.75 Å². The van der Waals surface area contributed by atoms with Gasteiger partial charge >= 0.3 is 5.97 Å². The van der Waals surface area contributed by atoms with E-state index in [9.17, 15) is 9.59 Å². The first kappa shape index (κ1) is 26.4. The first-order chi connectivity index (χ1) is 16.2. The molecule has 180 valence electrons. The Labute approximate surface area is 219 Å². The van der Waals surface area contributed by atoms with Crippen molar-refractivity contribution in [2.75, 3.05) is 6.61 Å². The number of nitrogens with zero attached hydrogens (tertiary/aromatic N) is 3. The van der Waals surface area contributed by atoms with Gasteiger partial charge in [0.1, 0.15) is 5.82 Å². The lowest BCUT2D eigenvalue weighted by Gasteiger charge is -2.16. The molecule has 0 aliphatic heterocycles. The highest BCUT2D eigenvalue weighted by molar-refractivity contribution is 9.10. The zero-order valence-corrected chi connectivity index (χ0v) is 23.1. The van der Waals surface area contributed by atoms with E-state index >= 15 is 0 Å². The summed E-state index contributed by atoms with van der Waals surface area (Å²) in [5.74, 6) is 0.429. The van der Waals surface area contributed by atoms with E-state index in [1.54, 1.807) is 32.0 Å². The maximum Gasteiger partial charge on any atom is 0.347 e. The number of fused-ring (bicyclic) bond motifs is 1. The fraction of sp³-hybridized carbons (Fsp3) is 0.333. The van der Waals surface area contributed by atoms with E-state index in [2.05, 4.69) is 37.0 Å². The number of ether oxygens (including phenoxy) is 2. The summed E-state index contributed by atoms with van der Waals surface area (Å²) >= 11 is 13.3. The van der Waals surface area contributed by atoms with E-state index in [4.69, 9.17) is 26.1 Å². The Balaban J connectivity index is 2.00. The largest absolute Gasteiger partial charge is 0.476 e. The van der Waals surface area contributed by atoms with Crippen molar-refractivity contribution in [1.82, 2.24) is 9.66 Å². The SMILES string of the molecule is CCOC(=O)[C@@H](C)Oc1c(Cl)cc(C=Nn2c([C@@H](C)CC)nc3ccc(Br)cc3c2=O)cc1Br. The molecule has 0 saturated carbocycles. The Morgan fingerprint density at radius 3 is 2.62 bits per heavy atom. The van der Waals surface area contributed by atoms with Crippen molar-refractivity contribution in [3.05, 3.63) is 66.0 Å². The van der Waals surface area contributed by atoms with Crippen molar-refractivity contribution in [2.24, 2.45) is 5.10 Å². The molecular weight excluding hydrogens is 590 g/mol. The quantitative estimate of drug-likeness (QED) is 0.220. The summed E-state index contributed by atoms with van der Waals surface area (Å²) in [4.78, 5) is 29.8. The first-order valence-corrected chi connectivity index (χ1v) is 12.7. The van der Waals surface area contributed by atoms with Crippen LogP contribution in [0.3, 0.4) is 0 Å². The van der Waals surface area contributed by atoms with Gasteiger partial charge in [0.15, 0.2) is 11.9 Å². The van der Waals surface area contributed by atoms with E-state index in [0.717, 1.165) is 10.9 Å². The average Bonchev–Trinajstić information content (AvgIpc) is 2.80. The Morgan fingerprint density at radius 2 is 1.97 bits per heavy atom. The van der Waals surface area contributed by atoms with Crippen molar-refractivity contribution in [1.29, 1.82) is 0 Å². The molecule has 0 radical (unpaired) electrons. The molecule has 34 heavy (non-hydrogen) atoms. The number of hydrogen-bond donors (Lipinski definition) is 0. The van der Waals surface area contributed by atoms with Crippen molar-refractivity contribution >= 4 is 66.5 Å². The Kier molecular flexibility index (Phi) is 8.89. The molecule has 0 N–H and O–H groups in total. The fourth-order valence-corrected chi connectivity index (χ4v) is 4.47. The van der Waals surface area contributed by atoms with E-state index < -0.39 is 12.1 Å². The Morgan fingerprint density at radius 1 is 1.24 bits per heavy atom. The van der Waals surface area contributed by atoms with Gasteiger partial charge < -0.3 is 9.47 Å². The van der Waals surface area contributed by atoms with Gasteiger partial charge in [-0.3, -0.25) is 4.79 Å². The number of carbonyl (C=O) groups is 1. The third-order valence-electron chi connectivity index (χ3n) is 5.14. The summed E-state index contributed by atoms with van der Waals surface area (Å²) in [6.07, 6.45) is 1.51. The van der Waals surface area contributed by atoms with Crippen molar-refractivity contribution in [2.45, 2.75) is 46.1 Å². The van der Waals surface area contributed by atoms with Gasteiger partial charge in [0, 0.05) is 10.4 Å². The topological polar surface area (TPSA) is 82.8 Å². The number of esters is 1. The molecule has 2 aromatic carbocycles. The van der Waals surface area contributed by atoms with Crippen LogP contribution in [-0.2, 0) is 9.53 Å². The van der Waals surface area contributed by atoms with Gasteiger partial charge in [-0.25, -0.2) is 9.78 Å². The van der Waals surface area contributed by atoms with Crippen LogP contribution in [-0.4, -0.2) is 34.6 Å². The first-order valence-electron chi connectivity index (χ1n) is 10.7. The summed E-state index contributed by atoms with van der Waals surface area (Å²) in [5.41, 5.74) is 0.994. The second-order valence-corrected chi connectivity index (χ2v) is 9.81. The number of benzene rings is 2. The number of rotatable bonds is 8. The lowest BCUT2D eigenvalue weighted by Crippen LogP contribution is -2.26. The monoisotopic (exact) mass is 611 g/mol. The highest BCUT2D eigenvalue weighted by Crippen LogP contribution is 2.35. The van der Waals surface area contributed by atoms with Crippen LogP contribution in [0.2, 0.25) is 5.02 Å². The predicted molar refractivity (Wildman–Crippen MR) is 141 cm³/mol. The van der Waals surface area contributed by atoms with Crippen LogP contribution in [0.1, 0.15) is 51.4 Å². The van der Waals surface area contributed by atoms with Crippen molar-refractivity contribution < 1.29 is 14.3 Å². The van der Waals surface area contributed by atoms with Gasteiger partial charge in [-0.2, -0.15) is 9.78 Å². The molecule has 0 fully saturated rings. The van der Waals surface area contributed by atoms with Crippen molar-refractivity contribution in [3.63, 3.8) is 0 Å². The molecule has 10 heteroatoms.